The van der Waals surface area contributed by atoms with Gasteiger partial charge in [0.25, 0.3) is 0 Å². The fourth-order valence-corrected chi connectivity index (χ4v) is 2.26. The van der Waals surface area contributed by atoms with Gasteiger partial charge in [0.15, 0.2) is 0 Å². The second-order valence-electron chi connectivity index (χ2n) is 4.88. The lowest BCUT2D eigenvalue weighted by Crippen LogP contribution is -2.14. The summed E-state index contributed by atoms with van der Waals surface area (Å²) in [6, 6.07) is 5.07. The largest absolute Gasteiger partial charge is 0.477 e. The average molecular weight is 344 g/mol. The number of carboxylic acid groups (broad SMARTS) is 2. The van der Waals surface area contributed by atoms with Gasteiger partial charge in [-0.15, -0.1) is 0 Å². The summed E-state index contributed by atoms with van der Waals surface area (Å²) in [6.07, 6.45) is 5.29. The molecule has 132 valence electrons. The minimum absolute atomic E-state index is 0.317. The fraction of sp³-hybridized carbons (Fsp3) is 0.235. The second kappa shape index (κ2) is 9.76. The van der Waals surface area contributed by atoms with E-state index in [1.54, 1.807) is 25.1 Å². The smallest absolute Gasteiger partial charge is 0.343 e. The number of hydrogen-bond acceptors (Lipinski definition) is 6. The Kier molecular flexibility index (Phi) is 7.71. The number of carbonyl (C=O) groups is 2. The number of nitrogen functional groups attached to an aromatic ring is 1. The van der Waals surface area contributed by atoms with Crippen LogP contribution < -0.4 is 5.73 Å². The van der Waals surface area contributed by atoms with Crippen LogP contribution in [0.15, 0.2) is 42.8 Å². The summed E-state index contributed by atoms with van der Waals surface area (Å²) in [5.41, 5.74) is 7.48. The van der Waals surface area contributed by atoms with E-state index in [2.05, 4.69) is 15.0 Å². The molecule has 2 aromatic rings. The van der Waals surface area contributed by atoms with Gasteiger partial charge in [0.1, 0.15) is 24.6 Å². The van der Waals surface area contributed by atoms with Crippen molar-refractivity contribution in [3.8, 4) is 0 Å². The van der Waals surface area contributed by atoms with E-state index >= 15 is 0 Å². The second-order valence-corrected chi connectivity index (χ2v) is 4.88. The third-order valence-corrected chi connectivity index (χ3v) is 3.32. The number of hydrogen-bond donors (Lipinski definition) is 3. The lowest BCUT2D eigenvalue weighted by molar-refractivity contribution is -0.140. The van der Waals surface area contributed by atoms with Crippen LogP contribution in [0.3, 0.4) is 0 Å². The first-order valence-corrected chi connectivity index (χ1v) is 7.55. The van der Waals surface area contributed by atoms with Crippen LogP contribution in [0.1, 0.15) is 31.4 Å². The Morgan fingerprint density at radius 2 is 1.52 bits per heavy atom. The van der Waals surface area contributed by atoms with E-state index in [1.165, 1.54) is 19.0 Å². The lowest BCUT2D eigenvalue weighted by atomic mass is 9.92. The van der Waals surface area contributed by atoms with Crippen molar-refractivity contribution < 1.29 is 19.8 Å². The topological polar surface area (TPSA) is 139 Å². The molecule has 4 N–H and O–H groups in total. The van der Waals surface area contributed by atoms with E-state index < -0.39 is 17.5 Å². The van der Waals surface area contributed by atoms with Crippen molar-refractivity contribution in [2.45, 2.75) is 26.7 Å². The van der Waals surface area contributed by atoms with E-state index in [4.69, 9.17) is 15.9 Å². The van der Waals surface area contributed by atoms with Crippen molar-refractivity contribution in [2.24, 2.45) is 0 Å². The van der Waals surface area contributed by atoms with Gasteiger partial charge in [0.2, 0.25) is 0 Å². The highest BCUT2D eigenvalue weighted by molar-refractivity contribution is 6.18. The maximum Gasteiger partial charge on any atom is 0.343 e. The van der Waals surface area contributed by atoms with E-state index in [-0.39, 0.29) is 0 Å². The summed E-state index contributed by atoms with van der Waals surface area (Å²) in [7, 11) is 0. The summed E-state index contributed by atoms with van der Waals surface area (Å²) in [5, 5.41) is 18.1. The van der Waals surface area contributed by atoms with Crippen LogP contribution in [0.5, 0.6) is 0 Å². The van der Waals surface area contributed by atoms with Gasteiger partial charge in [0.05, 0.1) is 0 Å². The van der Waals surface area contributed by atoms with Crippen LogP contribution in [-0.4, -0.2) is 37.1 Å². The number of aryl methyl sites for hydroxylation is 1. The first-order chi connectivity index (χ1) is 11.9. The molecule has 1 aromatic carbocycles. The van der Waals surface area contributed by atoms with Gasteiger partial charge >= 0.3 is 11.9 Å². The predicted octanol–water partition coefficient (Wildman–Crippen LogP) is 2.04. The van der Waals surface area contributed by atoms with Crippen molar-refractivity contribution >= 4 is 23.2 Å². The molecule has 0 radical (unpaired) electrons. The molecule has 0 aliphatic carbocycles. The zero-order chi connectivity index (χ0) is 18.8. The molecule has 1 heterocycles. The fourth-order valence-electron chi connectivity index (χ4n) is 2.26. The molecule has 8 nitrogen and oxygen atoms in total. The Morgan fingerprint density at radius 3 is 1.88 bits per heavy atom. The van der Waals surface area contributed by atoms with Crippen LogP contribution in [0.4, 0.5) is 5.69 Å². The molecule has 8 heteroatoms. The zero-order valence-corrected chi connectivity index (χ0v) is 14.0. The number of aliphatic carboxylic acids is 2. The number of nitrogens with zero attached hydrogens (tertiary/aromatic N) is 3. The normalized spacial score (nSPS) is 9.52. The molecule has 1 aromatic heterocycles. The monoisotopic (exact) mass is 344 g/mol. The van der Waals surface area contributed by atoms with Gasteiger partial charge in [-0.1, -0.05) is 19.9 Å². The highest BCUT2D eigenvalue weighted by Crippen LogP contribution is 2.28. The average Bonchev–Trinajstić information content (AvgIpc) is 2.61. The molecular formula is C17H20N4O4. The Hall–Kier alpha value is -3.29. The zero-order valence-electron chi connectivity index (χ0n) is 14.0. The molecule has 0 amide bonds. The highest BCUT2D eigenvalue weighted by Gasteiger charge is 2.23. The van der Waals surface area contributed by atoms with Gasteiger partial charge < -0.3 is 15.9 Å². The Balaban J connectivity index is 0.000000435. The molecule has 0 unspecified atom stereocenters. The van der Waals surface area contributed by atoms with Crippen LogP contribution in [0.25, 0.3) is 5.57 Å². The number of aromatic nitrogens is 3. The Morgan fingerprint density at radius 1 is 1.00 bits per heavy atom. The molecule has 2 rings (SSSR count). The molecule has 0 saturated heterocycles. The first kappa shape index (κ1) is 19.8. The molecule has 25 heavy (non-hydrogen) atoms. The van der Waals surface area contributed by atoms with Crippen molar-refractivity contribution in [3.05, 3.63) is 53.9 Å². The SMILES string of the molecule is CCC(=C(C(=O)O)C(=O)O)c1ccc(N)cc1CC.c1ncncn1. The molecule has 0 bridgehead atoms. The van der Waals surface area contributed by atoms with E-state index in [0.717, 1.165) is 5.56 Å². The lowest BCUT2D eigenvalue weighted by Gasteiger charge is -2.13. The molecule has 0 spiro atoms. The minimum atomic E-state index is -1.43. The van der Waals surface area contributed by atoms with Crippen molar-refractivity contribution in [1.82, 2.24) is 15.0 Å². The van der Waals surface area contributed by atoms with Gasteiger partial charge in [-0.3, -0.25) is 0 Å². The number of benzene rings is 1. The molecule has 0 aliphatic heterocycles. The highest BCUT2D eigenvalue weighted by atomic mass is 16.4. The summed E-state index contributed by atoms with van der Waals surface area (Å²) in [5.74, 6) is -2.86. The van der Waals surface area contributed by atoms with Gasteiger partial charge in [-0.25, -0.2) is 24.5 Å². The third kappa shape index (κ3) is 5.69. The van der Waals surface area contributed by atoms with Crippen LogP contribution >= 0.6 is 0 Å². The summed E-state index contributed by atoms with van der Waals surface area (Å²) in [6.45, 7) is 3.64. The van der Waals surface area contributed by atoms with Crippen LogP contribution in [0, 0.1) is 0 Å². The van der Waals surface area contributed by atoms with Gasteiger partial charge in [-0.05, 0) is 41.7 Å². The van der Waals surface area contributed by atoms with Crippen molar-refractivity contribution in [2.75, 3.05) is 5.73 Å². The van der Waals surface area contributed by atoms with E-state index in [9.17, 15) is 9.59 Å². The maximum atomic E-state index is 11.1. The standard InChI is InChI=1S/C14H17NO4.C3H3N3/c1-3-8-7-9(15)5-6-11(8)10(4-2)12(13(16)17)14(18)19;1-4-2-6-3-5-1/h5-7H,3-4,15H2,1-2H3,(H,16,17)(H,18,19);1-3H. The Labute approximate surface area is 145 Å². The summed E-state index contributed by atoms with van der Waals surface area (Å²) < 4.78 is 0. The van der Waals surface area contributed by atoms with Crippen LogP contribution in [-0.2, 0) is 16.0 Å². The van der Waals surface area contributed by atoms with Crippen molar-refractivity contribution in [3.63, 3.8) is 0 Å². The van der Waals surface area contributed by atoms with Crippen LogP contribution in [0.2, 0.25) is 0 Å². The number of nitrogens with two attached hydrogens (primary N) is 1. The number of rotatable bonds is 5. The summed E-state index contributed by atoms with van der Waals surface area (Å²) in [4.78, 5) is 32.9. The molecule has 0 atom stereocenters. The van der Waals surface area contributed by atoms with Gasteiger partial charge in [0, 0.05) is 5.69 Å². The number of anilines is 1. The maximum absolute atomic E-state index is 11.1. The number of allylic oxidation sites excluding steroid dienone is 1. The molecule has 0 saturated carbocycles. The quantitative estimate of drug-likeness (QED) is 0.324. The minimum Gasteiger partial charge on any atom is -0.477 e. The summed E-state index contributed by atoms with van der Waals surface area (Å²) >= 11 is 0. The first-order valence-electron chi connectivity index (χ1n) is 7.55. The molecule has 0 aliphatic rings. The Bertz CT molecular complexity index is 718. The molecule has 0 fully saturated rings. The van der Waals surface area contributed by atoms with E-state index in [0.29, 0.717) is 29.7 Å². The van der Waals surface area contributed by atoms with Gasteiger partial charge in [-0.2, -0.15) is 0 Å². The third-order valence-electron chi connectivity index (χ3n) is 3.32. The molecular weight excluding hydrogens is 324 g/mol. The van der Waals surface area contributed by atoms with Crippen molar-refractivity contribution in [1.29, 1.82) is 0 Å². The van der Waals surface area contributed by atoms with E-state index in [1.807, 2.05) is 6.92 Å². The predicted molar refractivity (Wildman–Crippen MR) is 92.5 cm³/mol. The number of carboxylic acids is 2.